The van der Waals surface area contributed by atoms with E-state index >= 15 is 0 Å². The van der Waals surface area contributed by atoms with E-state index in [1.54, 1.807) is 35.6 Å². The van der Waals surface area contributed by atoms with Crippen LogP contribution < -0.4 is 15.5 Å². The van der Waals surface area contributed by atoms with Gasteiger partial charge in [0.1, 0.15) is 10.6 Å². The number of nitrogens with one attached hydrogen (secondary N) is 2. The number of carbonyl (C=O) groups excluding carboxylic acids is 3. The molecule has 1 aliphatic heterocycles. The van der Waals surface area contributed by atoms with Gasteiger partial charge in [0.25, 0.3) is 17.7 Å². The van der Waals surface area contributed by atoms with E-state index in [2.05, 4.69) is 31.1 Å². The summed E-state index contributed by atoms with van der Waals surface area (Å²) >= 11 is 10.4. The van der Waals surface area contributed by atoms with Crippen molar-refractivity contribution in [3.8, 4) is 5.00 Å². The number of hydrogen-bond donors (Lipinski definition) is 2. The molecule has 10 heteroatoms. The van der Waals surface area contributed by atoms with Crippen LogP contribution in [0, 0.1) is 20.8 Å². The number of benzene rings is 2. The lowest BCUT2D eigenvalue weighted by molar-refractivity contribution is -0.122. The number of halogens is 1. The molecular formula is C33H29BrN4O3S2. The molecule has 218 valence electrons. The lowest BCUT2D eigenvalue weighted by Gasteiger charge is -2.29. The van der Waals surface area contributed by atoms with E-state index in [0.717, 1.165) is 63.4 Å². The summed E-state index contributed by atoms with van der Waals surface area (Å²) in [5, 5.41) is 6.65. The summed E-state index contributed by atoms with van der Waals surface area (Å²) in [5.41, 5.74) is 6.66. The molecule has 0 unspecified atom stereocenters. The van der Waals surface area contributed by atoms with Crippen molar-refractivity contribution in [3.63, 3.8) is 0 Å². The van der Waals surface area contributed by atoms with Crippen LogP contribution >= 0.6 is 39.5 Å². The summed E-state index contributed by atoms with van der Waals surface area (Å²) in [4.78, 5) is 43.1. The van der Waals surface area contributed by atoms with Crippen LogP contribution in [-0.2, 0) is 22.4 Å². The minimum Gasteiger partial charge on any atom is -0.322 e. The molecule has 0 spiro atoms. The zero-order valence-corrected chi connectivity index (χ0v) is 27.1. The Morgan fingerprint density at radius 1 is 1.05 bits per heavy atom. The van der Waals surface area contributed by atoms with Gasteiger partial charge in [-0.15, -0.1) is 11.3 Å². The van der Waals surface area contributed by atoms with E-state index in [1.807, 2.05) is 57.2 Å². The topological polar surface area (TPSA) is 83.4 Å². The summed E-state index contributed by atoms with van der Waals surface area (Å²) in [7, 11) is 0. The number of anilines is 2. The van der Waals surface area contributed by atoms with Gasteiger partial charge in [0.2, 0.25) is 0 Å². The van der Waals surface area contributed by atoms with Crippen LogP contribution in [0.5, 0.6) is 0 Å². The third-order valence-electron chi connectivity index (χ3n) is 7.83. The molecule has 2 aromatic heterocycles. The Balaban J connectivity index is 1.41. The van der Waals surface area contributed by atoms with E-state index in [1.165, 1.54) is 9.78 Å². The highest BCUT2D eigenvalue weighted by Gasteiger charge is 2.35. The SMILES string of the molecule is Cc1ccc(NC(=O)c2c(-n3c(C)cc(/C=C4\C(=O)NC(=S)N(c5cccc(Br)c5)C4=O)c3C)sc3c2CCCC3)cc1. The zero-order valence-electron chi connectivity index (χ0n) is 23.9. The maximum atomic E-state index is 13.8. The normalized spacial score (nSPS) is 16.0. The maximum Gasteiger partial charge on any atom is 0.270 e. The van der Waals surface area contributed by atoms with Crippen molar-refractivity contribution in [2.24, 2.45) is 0 Å². The minimum absolute atomic E-state index is 0.0170. The van der Waals surface area contributed by atoms with Gasteiger partial charge in [-0.25, -0.2) is 0 Å². The predicted octanol–water partition coefficient (Wildman–Crippen LogP) is 7.19. The molecule has 3 heterocycles. The van der Waals surface area contributed by atoms with Crippen LogP contribution in [0.15, 0.2) is 64.6 Å². The van der Waals surface area contributed by atoms with Crippen LogP contribution in [0.25, 0.3) is 11.1 Å². The van der Waals surface area contributed by atoms with Gasteiger partial charge >= 0.3 is 0 Å². The van der Waals surface area contributed by atoms with Gasteiger partial charge in [0.05, 0.1) is 11.3 Å². The largest absolute Gasteiger partial charge is 0.322 e. The molecule has 2 aromatic carbocycles. The van der Waals surface area contributed by atoms with Crippen molar-refractivity contribution in [3.05, 3.63) is 103 Å². The molecule has 0 bridgehead atoms. The van der Waals surface area contributed by atoms with Gasteiger partial charge in [-0.05, 0) is 112 Å². The van der Waals surface area contributed by atoms with Crippen LogP contribution in [0.3, 0.4) is 0 Å². The van der Waals surface area contributed by atoms with E-state index < -0.39 is 11.8 Å². The molecule has 3 amide bonds. The van der Waals surface area contributed by atoms with Gasteiger partial charge in [0.15, 0.2) is 5.11 Å². The molecular weight excluding hydrogens is 644 g/mol. The van der Waals surface area contributed by atoms with Crippen molar-refractivity contribution in [2.45, 2.75) is 46.5 Å². The monoisotopic (exact) mass is 672 g/mol. The van der Waals surface area contributed by atoms with Crippen LogP contribution in [-0.4, -0.2) is 27.4 Å². The minimum atomic E-state index is -0.546. The zero-order chi connectivity index (χ0) is 30.4. The lowest BCUT2D eigenvalue weighted by Crippen LogP contribution is -2.54. The van der Waals surface area contributed by atoms with Gasteiger partial charge in [-0.2, -0.15) is 0 Å². The van der Waals surface area contributed by atoms with Crippen molar-refractivity contribution < 1.29 is 14.4 Å². The first-order valence-electron chi connectivity index (χ1n) is 14.0. The number of rotatable bonds is 5. The second-order valence-corrected chi connectivity index (χ2v) is 13.2. The molecule has 1 fully saturated rings. The van der Waals surface area contributed by atoms with Crippen molar-refractivity contribution in [1.82, 2.24) is 9.88 Å². The standard InChI is InChI=1S/C33H29BrN4O3S2/c1-18-11-13-23(14-12-18)35-30(40)28-25-9-4-5-10-27(25)43-32(28)37-19(2)15-21(20(37)3)16-26-29(39)36-33(42)38(31(26)41)24-8-6-7-22(34)17-24/h6-8,11-17H,4-5,9-10H2,1-3H3,(H,35,40)(H,36,39,42)/b26-16+. The Hall–Kier alpha value is -3.86. The Kier molecular flexibility index (Phi) is 7.93. The molecule has 0 atom stereocenters. The number of aromatic nitrogens is 1. The summed E-state index contributed by atoms with van der Waals surface area (Å²) in [6, 6.07) is 16.9. The van der Waals surface area contributed by atoms with Crippen molar-refractivity contribution in [2.75, 3.05) is 10.2 Å². The predicted molar refractivity (Wildman–Crippen MR) is 179 cm³/mol. The highest BCUT2D eigenvalue weighted by molar-refractivity contribution is 9.10. The van der Waals surface area contributed by atoms with Gasteiger partial charge in [-0.3, -0.25) is 24.6 Å². The van der Waals surface area contributed by atoms with Crippen molar-refractivity contribution in [1.29, 1.82) is 0 Å². The molecule has 0 radical (unpaired) electrons. The number of amides is 3. The van der Waals surface area contributed by atoms with E-state index in [4.69, 9.17) is 12.2 Å². The Morgan fingerprint density at radius 3 is 2.53 bits per heavy atom. The van der Waals surface area contributed by atoms with Gasteiger partial charge in [-0.1, -0.05) is 39.7 Å². The lowest BCUT2D eigenvalue weighted by atomic mass is 9.95. The van der Waals surface area contributed by atoms with Gasteiger partial charge < -0.3 is 9.88 Å². The molecule has 43 heavy (non-hydrogen) atoms. The number of thiocarbonyl (C=S) groups is 1. The Bertz CT molecular complexity index is 1850. The quantitative estimate of drug-likeness (QED) is 0.134. The fourth-order valence-electron chi connectivity index (χ4n) is 5.68. The smallest absolute Gasteiger partial charge is 0.270 e. The number of hydrogen-bond acceptors (Lipinski definition) is 5. The van der Waals surface area contributed by atoms with E-state index in [9.17, 15) is 14.4 Å². The highest BCUT2D eigenvalue weighted by atomic mass is 79.9. The van der Waals surface area contributed by atoms with Crippen molar-refractivity contribution >= 4 is 79.8 Å². The molecule has 0 saturated carbocycles. The number of carbonyl (C=O) groups is 3. The summed E-state index contributed by atoms with van der Waals surface area (Å²) in [6.07, 6.45) is 5.56. The number of nitrogens with zero attached hydrogens (tertiary/aromatic N) is 2. The third kappa shape index (κ3) is 5.50. The molecule has 6 rings (SSSR count). The molecule has 2 aliphatic rings. The number of fused-ring (bicyclic) bond motifs is 1. The first kappa shape index (κ1) is 29.2. The molecule has 7 nitrogen and oxygen atoms in total. The third-order valence-corrected chi connectivity index (χ3v) is 9.89. The van der Waals surface area contributed by atoms with Crippen LogP contribution in [0.2, 0.25) is 0 Å². The highest BCUT2D eigenvalue weighted by Crippen LogP contribution is 2.39. The first-order chi connectivity index (χ1) is 20.6. The van der Waals surface area contributed by atoms with Gasteiger partial charge in [0, 0.05) is 26.4 Å². The second kappa shape index (κ2) is 11.7. The average molecular weight is 674 g/mol. The van der Waals surface area contributed by atoms with E-state index in [0.29, 0.717) is 16.8 Å². The summed E-state index contributed by atoms with van der Waals surface area (Å²) in [6.45, 7) is 5.93. The van der Waals surface area contributed by atoms with Crippen LogP contribution in [0.1, 0.15) is 56.2 Å². The second-order valence-electron chi connectivity index (χ2n) is 10.8. The molecule has 4 aromatic rings. The summed E-state index contributed by atoms with van der Waals surface area (Å²) < 4.78 is 2.86. The van der Waals surface area contributed by atoms with E-state index in [-0.39, 0.29) is 16.6 Å². The Morgan fingerprint density at radius 2 is 1.79 bits per heavy atom. The maximum absolute atomic E-state index is 13.8. The molecule has 1 saturated heterocycles. The number of aryl methyl sites for hydroxylation is 3. The molecule has 2 N–H and O–H groups in total. The summed E-state index contributed by atoms with van der Waals surface area (Å²) in [5.74, 6) is -1.18. The fraction of sp³-hybridized carbons (Fsp3) is 0.212. The van der Waals surface area contributed by atoms with Crippen LogP contribution in [0.4, 0.5) is 11.4 Å². The number of thiophene rings is 1. The average Bonchev–Trinajstić information content (AvgIpc) is 3.47. The molecule has 1 aliphatic carbocycles. The fourth-order valence-corrected chi connectivity index (χ4v) is 7.85. The Labute approximate surface area is 267 Å². The first-order valence-corrected chi connectivity index (χ1v) is 16.0.